The Morgan fingerprint density at radius 1 is 1.04 bits per heavy atom. The van der Waals surface area contributed by atoms with E-state index in [9.17, 15) is 8.78 Å². The van der Waals surface area contributed by atoms with Crippen molar-refractivity contribution in [3.63, 3.8) is 0 Å². The lowest BCUT2D eigenvalue weighted by Crippen LogP contribution is -2.42. The van der Waals surface area contributed by atoms with Crippen LogP contribution in [0.3, 0.4) is 0 Å². The van der Waals surface area contributed by atoms with Crippen LogP contribution in [0, 0.1) is 18.6 Å². The Bertz CT molecular complexity index is 895. The number of rotatable bonds is 2. The van der Waals surface area contributed by atoms with Crippen molar-refractivity contribution in [1.29, 1.82) is 0 Å². The summed E-state index contributed by atoms with van der Waals surface area (Å²) in [6, 6.07) is 7.97. The lowest BCUT2D eigenvalue weighted by atomic mass is 9.88. The van der Waals surface area contributed by atoms with Crippen molar-refractivity contribution in [1.82, 2.24) is 0 Å². The molecule has 0 N–H and O–H groups in total. The number of hydrogen-bond acceptors (Lipinski definition) is 2. The van der Waals surface area contributed by atoms with E-state index in [0.717, 1.165) is 16.8 Å². The summed E-state index contributed by atoms with van der Waals surface area (Å²) in [7, 11) is 1.97. The first-order chi connectivity index (χ1) is 11.7. The van der Waals surface area contributed by atoms with Crippen molar-refractivity contribution in [3.8, 4) is 0 Å². The third-order valence-corrected chi connectivity index (χ3v) is 4.83. The van der Waals surface area contributed by atoms with Crippen molar-refractivity contribution < 1.29 is 8.78 Å². The molecule has 0 saturated carbocycles. The molecule has 0 amide bonds. The molecule has 0 atom stereocenters. The molecule has 0 radical (unpaired) electrons. The second kappa shape index (κ2) is 6.10. The molecule has 3 rings (SSSR count). The Morgan fingerprint density at radius 2 is 1.76 bits per heavy atom. The molecule has 0 spiro atoms. The number of benzene rings is 2. The third kappa shape index (κ3) is 3.21. The predicted octanol–water partition coefficient (Wildman–Crippen LogP) is 5.66. The maximum atomic E-state index is 14.6. The largest absolute Gasteiger partial charge is 0.365 e. The molecular weight excluding hydrogens is 318 g/mol. The first-order valence-electron chi connectivity index (χ1n) is 8.26. The van der Waals surface area contributed by atoms with Crippen LogP contribution in [-0.2, 0) is 0 Å². The highest BCUT2D eigenvalue weighted by molar-refractivity contribution is 5.89. The van der Waals surface area contributed by atoms with E-state index < -0.39 is 0 Å². The van der Waals surface area contributed by atoms with Crippen LogP contribution in [0.4, 0.5) is 20.2 Å². The van der Waals surface area contributed by atoms with Gasteiger partial charge in [-0.3, -0.25) is 4.99 Å². The van der Waals surface area contributed by atoms with Gasteiger partial charge in [0.05, 0.1) is 11.2 Å². The Hall–Kier alpha value is -2.49. The van der Waals surface area contributed by atoms with E-state index in [4.69, 9.17) is 0 Å². The summed E-state index contributed by atoms with van der Waals surface area (Å²) in [5, 5.41) is 0. The Balaban J connectivity index is 2.01. The first kappa shape index (κ1) is 17.3. The first-order valence-corrected chi connectivity index (χ1v) is 8.26. The molecule has 1 aliphatic rings. The summed E-state index contributed by atoms with van der Waals surface area (Å²) in [4.78, 5) is 6.37. The van der Waals surface area contributed by atoms with E-state index in [2.05, 4.69) is 29.8 Å². The van der Waals surface area contributed by atoms with Gasteiger partial charge >= 0.3 is 0 Å². The number of halogens is 2. The molecule has 0 fully saturated rings. The molecule has 2 nitrogen and oxygen atoms in total. The molecule has 2 aromatic carbocycles. The van der Waals surface area contributed by atoms with Gasteiger partial charge in [-0.1, -0.05) is 6.08 Å². The molecule has 130 valence electrons. The molecule has 2 aromatic rings. The monoisotopic (exact) mass is 340 g/mol. The standard InChI is InChI=1S/C21H22F2N2/c1-13-8-16(6-7-18(13)22)24-12-15-9-17-14(2)11-21(3,4)25(5)20(17)10-19(15)23/h6-12H,1-5H3. The van der Waals surface area contributed by atoms with Gasteiger partial charge < -0.3 is 4.90 Å². The van der Waals surface area contributed by atoms with E-state index in [-0.39, 0.29) is 17.2 Å². The van der Waals surface area contributed by atoms with Crippen LogP contribution >= 0.6 is 0 Å². The van der Waals surface area contributed by atoms with Crippen LogP contribution in [0.5, 0.6) is 0 Å². The maximum Gasteiger partial charge on any atom is 0.134 e. The average Bonchev–Trinajstić information content (AvgIpc) is 2.54. The summed E-state index contributed by atoms with van der Waals surface area (Å²) in [5.74, 6) is -0.594. The topological polar surface area (TPSA) is 15.6 Å². The van der Waals surface area contributed by atoms with Crippen molar-refractivity contribution in [3.05, 3.63) is 64.7 Å². The van der Waals surface area contributed by atoms with Gasteiger partial charge in [0, 0.05) is 30.1 Å². The van der Waals surface area contributed by atoms with Crippen molar-refractivity contribution in [2.45, 2.75) is 33.2 Å². The lowest BCUT2D eigenvalue weighted by molar-refractivity contribution is 0.589. The Morgan fingerprint density at radius 3 is 2.44 bits per heavy atom. The number of aliphatic imine (C=N–C) groups is 1. The van der Waals surface area contributed by atoms with Crippen LogP contribution in [0.15, 0.2) is 41.4 Å². The Labute approximate surface area is 147 Å². The van der Waals surface area contributed by atoms with Crippen LogP contribution in [0.2, 0.25) is 0 Å². The minimum atomic E-state index is -0.321. The zero-order valence-corrected chi connectivity index (χ0v) is 15.2. The second-order valence-corrected chi connectivity index (χ2v) is 7.12. The third-order valence-electron chi connectivity index (χ3n) is 4.83. The summed E-state index contributed by atoms with van der Waals surface area (Å²) in [6.07, 6.45) is 3.67. The summed E-state index contributed by atoms with van der Waals surface area (Å²) in [6.45, 7) is 7.92. The van der Waals surface area contributed by atoms with Gasteiger partial charge in [0.1, 0.15) is 11.6 Å². The van der Waals surface area contributed by atoms with Gasteiger partial charge in [0.25, 0.3) is 0 Å². The highest BCUT2D eigenvalue weighted by atomic mass is 19.1. The van der Waals surface area contributed by atoms with Gasteiger partial charge in [-0.05, 0) is 69.2 Å². The molecule has 0 bridgehead atoms. The van der Waals surface area contributed by atoms with Gasteiger partial charge in [0.15, 0.2) is 0 Å². The van der Waals surface area contributed by atoms with Crippen LogP contribution in [0.25, 0.3) is 5.57 Å². The molecule has 1 heterocycles. The number of nitrogens with zero attached hydrogens (tertiary/aromatic N) is 2. The van der Waals surface area contributed by atoms with Crippen molar-refractivity contribution in [2.75, 3.05) is 11.9 Å². The SMILES string of the molecule is CC1=CC(C)(C)N(C)c2cc(F)c(C=Nc3ccc(F)c(C)c3)cc21. The highest BCUT2D eigenvalue weighted by Crippen LogP contribution is 2.38. The van der Waals surface area contributed by atoms with E-state index >= 15 is 0 Å². The summed E-state index contributed by atoms with van der Waals surface area (Å²) in [5.41, 5.74) is 4.36. The van der Waals surface area contributed by atoms with Gasteiger partial charge in [-0.15, -0.1) is 0 Å². The predicted molar refractivity (Wildman–Crippen MR) is 101 cm³/mol. The molecule has 0 unspecified atom stereocenters. The molecule has 0 aliphatic carbocycles. The quantitative estimate of drug-likeness (QED) is 0.645. The van der Waals surface area contributed by atoms with Gasteiger partial charge in [-0.2, -0.15) is 0 Å². The minimum Gasteiger partial charge on any atom is -0.365 e. The minimum absolute atomic E-state index is 0.162. The van der Waals surface area contributed by atoms with Crippen molar-refractivity contribution >= 4 is 23.2 Å². The Kier molecular flexibility index (Phi) is 4.23. The van der Waals surface area contributed by atoms with Gasteiger partial charge in [-0.25, -0.2) is 8.78 Å². The maximum absolute atomic E-state index is 14.6. The number of fused-ring (bicyclic) bond motifs is 1. The fourth-order valence-electron chi connectivity index (χ4n) is 3.14. The fraction of sp³-hybridized carbons (Fsp3) is 0.286. The number of allylic oxidation sites excluding steroid dienone is 1. The number of aryl methyl sites for hydroxylation is 1. The van der Waals surface area contributed by atoms with Crippen LogP contribution in [0.1, 0.15) is 37.5 Å². The van der Waals surface area contributed by atoms with E-state index in [1.165, 1.54) is 12.3 Å². The normalized spacial score (nSPS) is 16.1. The van der Waals surface area contributed by atoms with Crippen LogP contribution < -0.4 is 4.90 Å². The molecular formula is C21H22F2N2. The molecule has 0 aromatic heterocycles. The molecule has 4 heteroatoms. The van der Waals surface area contributed by atoms with E-state index in [1.807, 2.05) is 20.0 Å². The summed E-state index contributed by atoms with van der Waals surface area (Å²) < 4.78 is 27.9. The zero-order chi connectivity index (χ0) is 18.4. The lowest BCUT2D eigenvalue weighted by Gasteiger charge is -2.40. The average molecular weight is 340 g/mol. The van der Waals surface area contributed by atoms with Gasteiger partial charge in [0.2, 0.25) is 0 Å². The number of hydrogen-bond donors (Lipinski definition) is 0. The molecule has 0 saturated heterocycles. The smallest absolute Gasteiger partial charge is 0.134 e. The zero-order valence-electron chi connectivity index (χ0n) is 15.2. The number of anilines is 1. The van der Waals surface area contributed by atoms with E-state index in [1.54, 1.807) is 25.1 Å². The fourth-order valence-corrected chi connectivity index (χ4v) is 3.14. The van der Waals surface area contributed by atoms with Crippen LogP contribution in [-0.4, -0.2) is 18.8 Å². The summed E-state index contributed by atoms with van der Waals surface area (Å²) >= 11 is 0. The molecule has 25 heavy (non-hydrogen) atoms. The van der Waals surface area contributed by atoms with E-state index in [0.29, 0.717) is 16.8 Å². The second-order valence-electron chi connectivity index (χ2n) is 7.12. The number of likely N-dealkylation sites (N-methyl/N-ethyl adjacent to an activating group) is 1. The molecule has 1 aliphatic heterocycles. The van der Waals surface area contributed by atoms with Crippen molar-refractivity contribution in [2.24, 2.45) is 4.99 Å². The highest BCUT2D eigenvalue weighted by Gasteiger charge is 2.29.